The van der Waals surface area contributed by atoms with Crippen LogP contribution in [0.3, 0.4) is 0 Å². The van der Waals surface area contributed by atoms with Crippen molar-refractivity contribution in [3.05, 3.63) is 39.3 Å². The second-order valence-corrected chi connectivity index (χ2v) is 7.83. The van der Waals surface area contributed by atoms with Crippen LogP contribution in [0.25, 0.3) is 22.4 Å². The first-order chi connectivity index (χ1) is 14.8. The Bertz CT molecular complexity index is 1020. The molecule has 4 heterocycles. The molecule has 3 aromatic rings. The number of anilines is 1. The van der Waals surface area contributed by atoms with Gasteiger partial charge in [0.15, 0.2) is 11.5 Å². The Hall–Kier alpha value is -2.33. The summed E-state index contributed by atoms with van der Waals surface area (Å²) in [6.45, 7) is 8.29. The number of morpholine rings is 1. The summed E-state index contributed by atoms with van der Waals surface area (Å²) in [7, 11) is 0. The second kappa shape index (κ2) is 10.1. The molecule has 0 spiro atoms. The highest BCUT2D eigenvalue weighted by molar-refractivity contribution is 7.08. The molecular weight excluding hydrogens is 402 g/mol. The largest absolute Gasteiger partial charge is 0.380 e. The maximum absolute atomic E-state index is 13.2. The third kappa shape index (κ3) is 4.86. The van der Waals surface area contributed by atoms with E-state index in [-0.39, 0.29) is 5.56 Å². The average molecular weight is 430 g/mol. The zero-order valence-electron chi connectivity index (χ0n) is 17.2. The lowest BCUT2D eigenvalue weighted by Gasteiger charge is -2.26. The fourth-order valence-corrected chi connectivity index (χ4v) is 4.12. The number of ether oxygens (including phenoxy) is 2. The Morgan fingerprint density at radius 1 is 1.20 bits per heavy atom. The van der Waals surface area contributed by atoms with Crippen molar-refractivity contribution in [2.45, 2.75) is 13.5 Å². The number of thiophene rings is 1. The van der Waals surface area contributed by atoms with E-state index in [0.29, 0.717) is 43.3 Å². The minimum atomic E-state index is -0.167. The van der Waals surface area contributed by atoms with E-state index in [0.717, 1.165) is 44.1 Å². The van der Waals surface area contributed by atoms with E-state index in [2.05, 4.69) is 15.2 Å². The van der Waals surface area contributed by atoms with Crippen molar-refractivity contribution in [3.63, 3.8) is 0 Å². The number of fused-ring (bicyclic) bond motifs is 1. The average Bonchev–Trinajstić information content (AvgIpc) is 3.31. The molecule has 0 aliphatic carbocycles. The highest BCUT2D eigenvalue weighted by atomic mass is 32.1. The first-order valence-electron chi connectivity index (χ1n) is 10.3. The van der Waals surface area contributed by atoms with Gasteiger partial charge in [-0.05, 0) is 30.5 Å². The minimum absolute atomic E-state index is 0.167. The Morgan fingerprint density at radius 3 is 2.83 bits per heavy atom. The molecule has 160 valence electrons. The van der Waals surface area contributed by atoms with Gasteiger partial charge in [-0.1, -0.05) is 0 Å². The predicted molar refractivity (Wildman–Crippen MR) is 119 cm³/mol. The Balaban J connectivity index is 1.61. The molecule has 4 rings (SSSR count). The van der Waals surface area contributed by atoms with Crippen LogP contribution in [0.1, 0.15) is 6.92 Å². The fourth-order valence-electron chi connectivity index (χ4n) is 3.47. The molecule has 3 aromatic heterocycles. The minimum Gasteiger partial charge on any atom is -0.380 e. The summed E-state index contributed by atoms with van der Waals surface area (Å²) in [5.74, 6) is 0.359. The van der Waals surface area contributed by atoms with Gasteiger partial charge in [0.1, 0.15) is 5.52 Å². The summed E-state index contributed by atoms with van der Waals surface area (Å²) in [5.41, 5.74) is 2.99. The Labute approximate surface area is 179 Å². The number of nitrogens with one attached hydrogen (secondary N) is 1. The van der Waals surface area contributed by atoms with Gasteiger partial charge < -0.3 is 14.8 Å². The van der Waals surface area contributed by atoms with Crippen molar-refractivity contribution in [1.29, 1.82) is 0 Å². The van der Waals surface area contributed by atoms with Crippen LogP contribution in [-0.2, 0) is 16.0 Å². The topological polar surface area (TPSA) is 81.5 Å². The van der Waals surface area contributed by atoms with Crippen molar-refractivity contribution in [2.75, 3.05) is 57.9 Å². The molecule has 0 amide bonds. The highest BCUT2D eigenvalue weighted by Gasteiger charge is 2.15. The lowest BCUT2D eigenvalue weighted by atomic mass is 10.2. The summed E-state index contributed by atoms with van der Waals surface area (Å²) >= 11 is 1.62. The quantitative estimate of drug-likeness (QED) is 0.523. The van der Waals surface area contributed by atoms with Crippen molar-refractivity contribution in [1.82, 2.24) is 19.4 Å². The first-order valence-corrected chi connectivity index (χ1v) is 11.3. The summed E-state index contributed by atoms with van der Waals surface area (Å²) in [6.07, 6.45) is 0. The molecule has 8 nitrogen and oxygen atoms in total. The number of hydrogen-bond acceptors (Lipinski definition) is 8. The molecule has 1 fully saturated rings. The van der Waals surface area contributed by atoms with E-state index in [4.69, 9.17) is 14.5 Å². The molecule has 9 heteroatoms. The molecule has 0 radical (unpaired) electrons. The molecule has 0 saturated carbocycles. The number of pyridine rings is 1. The first kappa shape index (κ1) is 20.9. The standard InChI is InChI=1S/C21H27N5O3S/c1-2-28-13-10-26-20-18(4-3-17(24-20)16-5-14-30-15-16)23-19(21(26)27)22-6-7-25-8-11-29-12-9-25/h3-5,14-15H,2,6-13H2,1H3,(H,22,23). The van der Waals surface area contributed by atoms with Crippen LogP contribution in [0.2, 0.25) is 0 Å². The molecule has 1 saturated heterocycles. The lowest BCUT2D eigenvalue weighted by Crippen LogP contribution is -2.39. The second-order valence-electron chi connectivity index (χ2n) is 7.05. The van der Waals surface area contributed by atoms with Crippen molar-refractivity contribution < 1.29 is 9.47 Å². The predicted octanol–water partition coefficient (Wildman–Crippen LogP) is 2.30. The number of aromatic nitrogens is 3. The van der Waals surface area contributed by atoms with E-state index < -0.39 is 0 Å². The number of hydrogen-bond donors (Lipinski definition) is 1. The molecule has 0 aromatic carbocycles. The summed E-state index contributed by atoms with van der Waals surface area (Å²) in [4.78, 5) is 24.8. The maximum atomic E-state index is 13.2. The normalized spacial score (nSPS) is 15.0. The zero-order chi connectivity index (χ0) is 20.8. The fraction of sp³-hybridized carbons (Fsp3) is 0.476. The molecule has 0 unspecified atom stereocenters. The van der Waals surface area contributed by atoms with Gasteiger partial charge in [0.25, 0.3) is 5.56 Å². The molecule has 1 aliphatic heterocycles. The van der Waals surface area contributed by atoms with Crippen LogP contribution in [-0.4, -0.2) is 72.0 Å². The van der Waals surface area contributed by atoms with Gasteiger partial charge in [-0.15, -0.1) is 0 Å². The Morgan fingerprint density at radius 2 is 2.07 bits per heavy atom. The van der Waals surface area contributed by atoms with Gasteiger partial charge in [-0.3, -0.25) is 14.3 Å². The number of rotatable bonds is 9. The summed E-state index contributed by atoms with van der Waals surface area (Å²) in [5, 5.41) is 7.30. The van der Waals surface area contributed by atoms with Crippen LogP contribution in [0.15, 0.2) is 33.8 Å². The van der Waals surface area contributed by atoms with Gasteiger partial charge in [-0.25, -0.2) is 9.97 Å². The number of nitrogens with zero attached hydrogens (tertiary/aromatic N) is 4. The summed E-state index contributed by atoms with van der Waals surface area (Å²) in [6, 6.07) is 5.90. The van der Waals surface area contributed by atoms with Crippen molar-refractivity contribution >= 4 is 28.3 Å². The van der Waals surface area contributed by atoms with E-state index in [1.807, 2.05) is 35.9 Å². The highest BCUT2D eigenvalue weighted by Crippen LogP contribution is 2.22. The Kier molecular flexibility index (Phi) is 7.06. The van der Waals surface area contributed by atoms with E-state index in [1.165, 1.54) is 0 Å². The molecule has 30 heavy (non-hydrogen) atoms. The monoisotopic (exact) mass is 429 g/mol. The van der Waals surface area contributed by atoms with Crippen LogP contribution in [0.5, 0.6) is 0 Å². The van der Waals surface area contributed by atoms with E-state index in [1.54, 1.807) is 15.9 Å². The van der Waals surface area contributed by atoms with Gasteiger partial charge in [0.05, 0.1) is 32.1 Å². The van der Waals surface area contributed by atoms with E-state index in [9.17, 15) is 4.79 Å². The molecule has 1 aliphatic rings. The maximum Gasteiger partial charge on any atom is 0.295 e. The molecule has 0 atom stereocenters. The smallest absolute Gasteiger partial charge is 0.295 e. The lowest BCUT2D eigenvalue weighted by molar-refractivity contribution is 0.0398. The van der Waals surface area contributed by atoms with Crippen molar-refractivity contribution in [2.24, 2.45) is 0 Å². The molecule has 1 N–H and O–H groups in total. The SMILES string of the molecule is CCOCCn1c(=O)c(NCCN2CCOCC2)nc2ccc(-c3ccsc3)nc21. The van der Waals surface area contributed by atoms with E-state index >= 15 is 0 Å². The van der Waals surface area contributed by atoms with Gasteiger partial charge >= 0.3 is 0 Å². The van der Waals surface area contributed by atoms with Crippen LogP contribution >= 0.6 is 11.3 Å². The van der Waals surface area contributed by atoms with Crippen molar-refractivity contribution in [3.8, 4) is 11.3 Å². The van der Waals surface area contributed by atoms with Crippen LogP contribution in [0.4, 0.5) is 5.82 Å². The van der Waals surface area contributed by atoms with Crippen LogP contribution < -0.4 is 10.9 Å². The molecular formula is C21H27N5O3S. The third-order valence-electron chi connectivity index (χ3n) is 5.09. The molecule has 0 bridgehead atoms. The third-order valence-corrected chi connectivity index (χ3v) is 5.78. The van der Waals surface area contributed by atoms with Crippen LogP contribution in [0, 0.1) is 0 Å². The zero-order valence-corrected chi connectivity index (χ0v) is 18.0. The van der Waals surface area contributed by atoms with Gasteiger partial charge in [0, 0.05) is 43.7 Å². The van der Waals surface area contributed by atoms with Gasteiger partial charge in [0.2, 0.25) is 0 Å². The summed E-state index contributed by atoms with van der Waals surface area (Å²) < 4.78 is 12.6. The van der Waals surface area contributed by atoms with Gasteiger partial charge in [-0.2, -0.15) is 11.3 Å².